The van der Waals surface area contributed by atoms with E-state index in [0.717, 1.165) is 43.3 Å². The number of carbonyl (C=O) groups excluding carboxylic acids is 1. The Bertz CT molecular complexity index is 581. The summed E-state index contributed by atoms with van der Waals surface area (Å²) < 4.78 is 5.45. The summed E-state index contributed by atoms with van der Waals surface area (Å²) in [4.78, 5) is 12.2. The molecule has 1 heterocycles. The molecule has 0 aromatic carbocycles. The van der Waals surface area contributed by atoms with Gasteiger partial charge in [-0.3, -0.25) is 0 Å². The van der Waals surface area contributed by atoms with Gasteiger partial charge >= 0.3 is 5.97 Å². The predicted molar refractivity (Wildman–Crippen MR) is 93.6 cm³/mol. The molecule has 2 aliphatic carbocycles. The summed E-state index contributed by atoms with van der Waals surface area (Å²) in [5.74, 6) is 0.324. The number of rotatable bonds is 6. The normalized spacial score (nSPS) is 38.0. The number of hydrogen-bond donors (Lipinski definition) is 3. The van der Waals surface area contributed by atoms with Crippen LogP contribution in [0.5, 0.6) is 0 Å². The zero-order valence-electron chi connectivity index (χ0n) is 15.0. The lowest BCUT2D eigenvalue weighted by Gasteiger charge is -2.57. The average Bonchev–Trinajstić information content (AvgIpc) is 2.95. The van der Waals surface area contributed by atoms with E-state index in [9.17, 15) is 15.0 Å². The number of aliphatic hydroxyl groups excluding tert-OH is 3. The van der Waals surface area contributed by atoms with Crippen LogP contribution < -0.4 is 0 Å². The number of esters is 1. The van der Waals surface area contributed by atoms with Gasteiger partial charge in [-0.25, -0.2) is 4.79 Å². The molecule has 3 aliphatic rings. The second-order valence-corrected chi connectivity index (χ2v) is 8.11. The highest BCUT2D eigenvalue weighted by Crippen LogP contribution is 2.63. The fraction of sp³-hybridized carbons (Fsp3) is 0.750. The minimum Gasteiger partial charge on any atom is -0.461 e. The first-order valence-electron chi connectivity index (χ1n) is 9.40. The fourth-order valence-electron chi connectivity index (χ4n) is 5.67. The molecule has 3 N–H and O–H groups in total. The first-order valence-corrected chi connectivity index (χ1v) is 9.40. The quantitative estimate of drug-likeness (QED) is 0.504. The Morgan fingerprint density at radius 3 is 2.84 bits per heavy atom. The largest absolute Gasteiger partial charge is 0.461 e. The molecule has 0 aromatic rings. The summed E-state index contributed by atoms with van der Waals surface area (Å²) in [5.41, 5.74) is 1.38. The fourth-order valence-corrected chi connectivity index (χ4v) is 5.67. The summed E-state index contributed by atoms with van der Waals surface area (Å²) in [6.45, 7) is 2.73. The Hall–Kier alpha value is -1.17. The Morgan fingerprint density at radius 2 is 2.16 bits per heavy atom. The molecule has 140 valence electrons. The minimum absolute atomic E-state index is 0.0526. The number of hydrogen-bond acceptors (Lipinski definition) is 5. The molecule has 3 rings (SSSR count). The van der Waals surface area contributed by atoms with E-state index in [-0.39, 0.29) is 42.5 Å². The van der Waals surface area contributed by atoms with Gasteiger partial charge in [0.15, 0.2) is 0 Å². The number of allylic oxidation sites excluding steroid dienone is 1. The molecule has 1 saturated heterocycles. The third kappa shape index (κ3) is 2.96. The van der Waals surface area contributed by atoms with Crippen LogP contribution in [0.4, 0.5) is 0 Å². The van der Waals surface area contributed by atoms with Crippen LogP contribution in [0.25, 0.3) is 0 Å². The maximum atomic E-state index is 12.2. The smallest absolute Gasteiger partial charge is 0.334 e. The van der Waals surface area contributed by atoms with Gasteiger partial charge in [-0.05, 0) is 61.3 Å². The number of aliphatic hydroxyl groups is 3. The Kier molecular flexibility index (Phi) is 5.37. The molecule has 1 spiro atoms. The van der Waals surface area contributed by atoms with Crippen molar-refractivity contribution in [3.63, 3.8) is 0 Å². The highest BCUT2D eigenvalue weighted by molar-refractivity contribution is 5.92. The van der Waals surface area contributed by atoms with Gasteiger partial charge in [-0.15, -0.1) is 0 Å². The van der Waals surface area contributed by atoms with Crippen molar-refractivity contribution in [1.29, 1.82) is 0 Å². The SMILES string of the molecule is CC1(CCC(=CCO)CO)C(CO)CCC23COC(=O)C2=CCCC31. The van der Waals surface area contributed by atoms with E-state index in [2.05, 4.69) is 13.0 Å². The molecule has 0 radical (unpaired) electrons. The van der Waals surface area contributed by atoms with Crippen molar-refractivity contribution in [3.05, 3.63) is 23.3 Å². The van der Waals surface area contributed by atoms with E-state index < -0.39 is 0 Å². The standard InChI is InChI=1S/C20H30O5/c1-19(8-5-14(11-22)7-10-21)15(12-23)6-9-20-13-25-18(24)16(20)3-2-4-17(19)20/h3,7,15,17,21-23H,2,4-6,8-13H2,1H3. The van der Waals surface area contributed by atoms with E-state index in [0.29, 0.717) is 18.9 Å². The van der Waals surface area contributed by atoms with Crippen molar-refractivity contribution in [2.24, 2.45) is 22.7 Å². The van der Waals surface area contributed by atoms with Crippen molar-refractivity contribution >= 4 is 5.97 Å². The van der Waals surface area contributed by atoms with Crippen molar-refractivity contribution in [1.82, 2.24) is 0 Å². The summed E-state index contributed by atoms with van der Waals surface area (Å²) in [7, 11) is 0. The average molecular weight is 350 g/mol. The molecule has 5 nitrogen and oxygen atoms in total. The molecule has 4 unspecified atom stereocenters. The zero-order valence-corrected chi connectivity index (χ0v) is 15.0. The van der Waals surface area contributed by atoms with Gasteiger partial charge in [0.25, 0.3) is 0 Å². The van der Waals surface area contributed by atoms with Crippen LogP contribution in [-0.4, -0.2) is 47.7 Å². The molecule has 25 heavy (non-hydrogen) atoms. The van der Waals surface area contributed by atoms with Crippen molar-refractivity contribution in [2.45, 2.75) is 45.4 Å². The molecule has 0 bridgehead atoms. The Balaban J connectivity index is 1.91. The maximum Gasteiger partial charge on any atom is 0.334 e. The van der Waals surface area contributed by atoms with E-state index in [4.69, 9.17) is 9.84 Å². The lowest BCUT2D eigenvalue weighted by atomic mass is 9.46. The molecule has 0 aromatic heterocycles. The Morgan fingerprint density at radius 1 is 1.36 bits per heavy atom. The molecule has 1 saturated carbocycles. The summed E-state index contributed by atoms with van der Waals surface area (Å²) >= 11 is 0. The van der Waals surface area contributed by atoms with Crippen LogP contribution in [0, 0.1) is 22.7 Å². The number of ether oxygens (including phenoxy) is 1. The lowest BCUT2D eigenvalue weighted by molar-refractivity contribution is -0.135. The maximum absolute atomic E-state index is 12.2. The monoisotopic (exact) mass is 350 g/mol. The van der Waals surface area contributed by atoms with E-state index >= 15 is 0 Å². The third-order valence-corrected chi connectivity index (χ3v) is 7.14. The number of carbonyl (C=O) groups is 1. The van der Waals surface area contributed by atoms with Crippen molar-refractivity contribution in [3.8, 4) is 0 Å². The van der Waals surface area contributed by atoms with Gasteiger partial charge in [-0.2, -0.15) is 0 Å². The third-order valence-electron chi connectivity index (χ3n) is 7.14. The van der Waals surface area contributed by atoms with Gasteiger partial charge in [0.1, 0.15) is 6.61 Å². The van der Waals surface area contributed by atoms with Crippen molar-refractivity contribution in [2.75, 3.05) is 26.4 Å². The molecule has 0 amide bonds. The van der Waals surface area contributed by atoms with E-state index in [1.54, 1.807) is 6.08 Å². The van der Waals surface area contributed by atoms with Crippen LogP contribution in [0.3, 0.4) is 0 Å². The minimum atomic E-state index is -0.199. The summed E-state index contributed by atoms with van der Waals surface area (Å²) in [5, 5.41) is 28.6. The van der Waals surface area contributed by atoms with Crippen LogP contribution in [0.15, 0.2) is 23.3 Å². The van der Waals surface area contributed by atoms with E-state index in [1.807, 2.05) is 0 Å². The topological polar surface area (TPSA) is 87.0 Å². The van der Waals surface area contributed by atoms with Crippen LogP contribution in [-0.2, 0) is 9.53 Å². The predicted octanol–water partition coefficient (Wildman–Crippen LogP) is 1.97. The Labute approximate surface area is 149 Å². The lowest BCUT2D eigenvalue weighted by Crippen LogP contribution is -2.53. The van der Waals surface area contributed by atoms with Crippen LogP contribution in [0.2, 0.25) is 0 Å². The molecule has 4 atom stereocenters. The van der Waals surface area contributed by atoms with Gasteiger partial charge in [0.2, 0.25) is 0 Å². The van der Waals surface area contributed by atoms with Gasteiger partial charge in [-0.1, -0.05) is 19.1 Å². The molecular weight excluding hydrogens is 320 g/mol. The van der Waals surface area contributed by atoms with Gasteiger partial charge in [0, 0.05) is 17.6 Å². The highest BCUT2D eigenvalue weighted by atomic mass is 16.5. The molecule has 5 heteroatoms. The van der Waals surface area contributed by atoms with Gasteiger partial charge in [0.05, 0.1) is 13.2 Å². The number of cyclic esters (lactones) is 1. The molecular formula is C20H30O5. The second kappa shape index (κ2) is 7.22. The second-order valence-electron chi connectivity index (χ2n) is 8.11. The van der Waals surface area contributed by atoms with Crippen molar-refractivity contribution < 1.29 is 24.9 Å². The van der Waals surface area contributed by atoms with Crippen LogP contribution in [0.1, 0.15) is 45.4 Å². The molecule has 1 aliphatic heterocycles. The van der Waals surface area contributed by atoms with Gasteiger partial charge < -0.3 is 20.1 Å². The first-order chi connectivity index (χ1) is 12.0. The molecule has 2 fully saturated rings. The first kappa shape index (κ1) is 18.6. The summed E-state index contributed by atoms with van der Waals surface area (Å²) in [6, 6.07) is 0. The zero-order chi connectivity index (χ0) is 18.1. The van der Waals surface area contributed by atoms with Crippen LogP contribution >= 0.6 is 0 Å². The summed E-state index contributed by atoms with van der Waals surface area (Å²) in [6.07, 6.45) is 8.93. The van der Waals surface area contributed by atoms with E-state index in [1.165, 1.54) is 0 Å². The highest BCUT2D eigenvalue weighted by Gasteiger charge is 2.61.